The van der Waals surface area contributed by atoms with E-state index in [0.29, 0.717) is 18.5 Å². The van der Waals surface area contributed by atoms with Crippen LogP contribution in [0, 0.1) is 11.8 Å². The number of carbonyl (C=O) groups is 1. The lowest BCUT2D eigenvalue weighted by atomic mass is 9.93. The van der Waals surface area contributed by atoms with E-state index in [0.717, 1.165) is 57.6 Å². The van der Waals surface area contributed by atoms with Gasteiger partial charge < -0.3 is 15.1 Å². The normalized spacial score (nSPS) is 35.5. The average Bonchev–Trinajstić information content (AvgIpc) is 2.99. The molecule has 0 bridgehead atoms. The number of fused-ring (bicyclic) bond motifs is 1. The van der Waals surface area contributed by atoms with Gasteiger partial charge in [-0.3, -0.25) is 9.69 Å². The van der Waals surface area contributed by atoms with Crippen molar-refractivity contribution in [2.75, 3.05) is 59.4 Å². The molecule has 0 aliphatic carbocycles. The Morgan fingerprint density at radius 2 is 1.95 bits per heavy atom. The van der Waals surface area contributed by atoms with Gasteiger partial charge in [0.1, 0.15) is 0 Å². The third kappa shape index (κ3) is 2.71. The summed E-state index contributed by atoms with van der Waals surface area (Å²) in [7, 11) is 2.13. The second kappa shape index (κ2) is 6.00. The van der Waals surface area contributed by atoms with Crippen LogP contribution in [-0.2, 0) is 4.79 Å². The molecular weight excluding hydrogens is 252 g/mol. The second-order valence-electron chi connectivity index (χ2n) is 6.67. The molecule has 114 valence electrons. The number of carbonyl (C=O) groups excluding carboxylic acids is 1. The maximum Gasteiger partial charge on any atom is 0.236 e. The van der Waals surface area contributed by atoms with E-state index >= 15 is 0 Å². The van der Waals surface area contributed by atoms with Gasteiger partial charge in [0, 0.05) is 38.8 Å². The van der Waals surface area contributed by atoms with Crippen molar-refractivity contribution in [2.45, 2.75) is 19.4 Å². The molecule has 0 spiro atoms. The lowest BCUT2D eigenvalue weighted by molar-refractivity contribution is -0.134. The SMILES string of the molecule is CCC1C2CNCC2CN1CC(=O)N1CCN(C)CC1. The molecule has 0 aromatic carbocycles. The molecule has 0 saturated carbocycles. The third-order valence-corrected chi connectivity index (χ3v) is 5.44. The van der Waals surface area contributed by atoms with E-state index in [1.54, 1.807) is 0 Å². The van der Waals surface area contributed by atoms with Crippen LogP contribution in [0.5, 0.6) is 0 Å². The van der Waals surface area contributed by atoms with Crippen molar-refractivity contribution < 1.29 is 4.79 Å². The Morgan fingerprint density at radius 1 is 1.20 bits per heavy atom. The second-order valence-corrected chi connectivity index (χ2v) is 6.67. The summed E-state index contributed by atoms with van der Waals surface area (Å²) in [6.07, 6.45) is 1.17. The van der Waals surface area contributed by atoms with Crippen molar-refractivity contribution in [2.24, 2.45) is 11.8 Å². The molecule has 1 amide bonds. The minimum absolute atomic E-state index is 0.337. The number of hydrogen-bond acceptors (Lipinski definition) is 4. The Morgan fingerprint density at radius 3 is 2.65 bits per heavy atom. The summed E-state index contributed by atoms with van der Waals surface area (Å²) in [4.78, 5) is 19.3. The highest BCUT2D eigenvalue weighted by Gasteiger charge is 2.43. The van der Waals surface area contributed by atoms with Crippen LogP contribution in [0.4, 0.5) is 0 Å². The Bertz CT molecular complexity index is 354. The van der Waals surface area contributed by atoms with E-state index in [2.05, 4.69) is 34.0 Å². The van der Waals surface area contributed by atoms with Crippen LogP contribution in [0.15, 0.2) is 0 Å². The molecule has 5 nitrogen and oxygen atoms in total. The summed E-state index contributed by atoms with van der Waals surface area (Å²) in [6.45, 7) is 10.1. The Balaban J connectivity index is 1.56. The van der Waals surface area contributed by atoms with Gasteiger partial charge >= 0.3 is 0 Å². The molecule has 3 fully saturated rings. The van der Waals surface area contributed by atoms with Gasteiger partial charge in [-0.05, 0) is 38.4 Å². The number of nitrogens with one attached hydrogen (secondary N) is 1. The van der Waals surface area contributed by atoms with E-state index in [1.165, 1.54) is 6.42 Å². The van der Waals surface area contributed by atoms with Crippen LogP contribution in [0.3, 0.4) is 0 Å². The minimum atomic E-state index is 0.337. The fourth-order valence-electron chi connectivity index (χ4n) is 4.18. The van der Waals surface area contributed by atoms with E-state index in [9.17, 15) is 4.79 Å². The number of likely N-dealkylation sites (tertiary alicyclic amines) is 1. The largest absolute Gasteiger partial charge is 0.339 e. The maximum atomic E-state index is 12.5. The maximum absolute atomic E-state index is 12.5. The number of amides is 1. The van der Waals surface area contributed by atoms with Gasteiger partial charge in [0.2, 0.25) is 5.91 Å². The van der Waals surface area contributed by atoms with Gasteiger partial charge in [-0.15, -0.1) is 0 Å². The van der Waals surface area contributed by atoms with E-state index in [-0.39, 0.29) is 0 Å². The standard InChI is InChI=1S/C15H28N4O/c1-3-14-13-9-16-8-12(13)10-19(14)11-15(20)18-6-4-17(2)5-7-18/h12-14,16H,3-11H2,1-2H3. The van der Waals surface area contributed by atoms with Crippen molar-refractivity contribution in [3.8, 4) is 0 Å². The highest BCUT2D eigenvalue weighted by molar-refractivity contribution is 5.78. The molecule has 5 heteroatoms. The molecule has 1 N–H and O–H groups in total. The van der Waals surface area contributed by atoms with Gasteiger partial charge in [0.05, 0.1) is 6.54 Å². The summed E-state index contributed by atoms with van der Waals surface area (Å²) in [5.41, 5.74) is 0. The quantitative estimate of drug-likeness (QED) is 0.770. The van der Waals surface area contributed by atoms with Crippen LogP contribution >= 0.6 is 0 Å². The summed E-state index contributed by atoms with van der Waals surface area (Å²) in [6, 6.07) is 0.603. The van der Waals surface area contributed by atoms with E-state index in [4.69, 9.17) is 0 Å². The molecule has 3 aliphatic rings. The monoisotopic (exact) mass is 280 g/mol. The van der Waals surface area contributed by atoms with Gasteiger partial charge in [-0.25, -0.2) is 0 Å². The zero-order valence-corrected chi connectivity index (χ0v) is 12.8. The zero-order chi connectivity index (χ0) is 14.1. The van der Waals surface area contributed by atoms with Gasteiger partial charge in [0.15, 0.2) is 0 Å². The molecule has 3 unspecified atom stereocenters. The topological polar surface area (TPSA) is 38.8 Å². The summed E-state index contributed by atoms with van der Waals surface area (Å²) in [5, 5.41) is 3.50. The van der Waals surface area contributed by atoms with Crippen molar-refractivity contribution >= 4 is 5.91 Å². The van der Waals surface area contributed by atoms with Crippen LogP contribution in [0.1, 0.15) is 13.3 Å². The molecule has 3 heterocycles. The van der Waals surface area contributed by atoms with Crippen LogP contribution in [0.2, 0.25) is 0 Å². The molecular formula is C15H28N4O. The molecule has 3 aliphatic heterocycles. The first kappa shape index (κ1) is 14.3. The lowest BCUT2D eigenvalue weighted by Crippen LogP contribution is -2.51. The number of rotatable bonds is 3. The molecule has 3 saturated heterocycles. The molecule has 0 aromatic heterocycles. The number of likely N-dealkylation sites (N-methyl/N-ethyl adjacent to an activating group) is 1. The average molecular weight is 280 g/mol. The fraction of sp³-hybridized carbons (Fsp3) is 0.933. The Kier molecular flexibility index (Phi) is 4.29. The van der Waals surface area contributed by atoms with Gasteiger partial charge in [0.25, 0.3) is 0 Å². The Hall–Kier alpha value is -0.650. The molecule has 3 atom stereocenters. The molecule has 20 heavy (non-hydrogen) atoms. The molecule has 3 rings (SSSR count). The zero-order valence-electron chi connectivity index (χ0n) is 12.8. The smallest absolute Gasteiger partial charge is 0.236 e. The van der Waals surface area contributed by atoms with Crippen LogP contribution < -0.4 is 5.32 Å². The highest BCUT2D eigenvalue weighted by Crippen LogP contribution is 2.33. The first-order valence-electron chi connectivity index (χ1n) is 8.10. The molecule has 0 radical (unpaired) electrons. The predicted octanol–water partition coefficient (Wildman–Crippen LogP) is -0.310. The number of nitrogens with zero attached hydrogens (tertiary/aromatic N) is 3. The lowest BCUT2D eigenvalue weighted by Gasteiger charge is -2.34. The summed E-state index contributed by atoms with van der Waals surface area (Å²) >= 11 is 0. The number of piperazine rings is 1. The summed E-state index contributed by atoms with van der Waals surface area (Å²) < 4.78 is 0. The van der Waals surface area contributed by atoms with Gasteiger partial charge in [-0.2, -0.15) is 0 Å². The first-order valence-corrected chi connectivity index (χ1v) is 8.10. The summed E-state index contributed by atoms with van der Waals surface area (Å²) in [5.74, 6) is 1.87. The third-order valence-electron chi connectivity index (χ3n) is 5.44. The predicted molar refractivity (Wildman–Crippen MR) is 79.6 cm³/mol. The van der Waals surface area contributed by atoms with Crippen LogP contribution in [-0.4, -0.2) is 86.1 Å². The van der Waals surface area contributed by atoms with Crippen molar-refractivity contribution in [1.82, 2.24) is 20.0 Å². The van der Waals surface area contributed by atoms with E-state index < -0.39 is 0 Å². The van der Waals surface area contributed by atoms with Crippen molar-refractivity contribution in [1.29, 1.82) is 0 Å². The highest BCUT2D eigenvalue weighted by atomic mass is 16.2. The first-order chi connectivity index (χ1) is 9.69. The molecule has 0 aromatic rings. The number of hydrogen-bond donors (Lipinski definition) is 1. The Labute approximate surface area is 122 Å². The fourth-order valence-corrected chi connectivity index (χ4v) is 4.18. The van der Waals surface area contributed by atoms with Crippen molar-refractivity contribution in [3.05, 3.63) is 0 Å². The minimum Gasteiger partial charge on any atom is -0.339 e. The van der Waals surface area contributed by atoms with Crippen LogP contribution in [0.25, 0.3) is 0 Å². The van der Waals surface area contributed by atoms with E-state index in [1.807, 2.05) is 0 Å². The van der Waals surface area contributed by atoms with Gasteiger partial charge in [-0.1, -0.05) is 6.92 Å². The van der Waals surface area contributed by atoms with Crippen molar-refractivity contribution in [3.63, 3.8) is 0 Å².